The predicted molar refractivity (Wildman–Crippen MR) is 76.4 cm³/mol. The summed E-state index contributed by atoms with van der Waals surface area (Å²) < 4.78 is 44.4. The number of nitrogens with one attached hydrogen (secondary N) is 1. The summed E-state index contributed by atoms with van der Waals surface area (Å²) in [4.78, 5) is 0.0554. The number of hydrogen-bond acceptors (Lipinski definition) is 4. The highest BCUT2D eigenvalue weighted by Crippen LogP contribution is 2.24. The van der Waals surface area contributed by atoms with E-state index in [0.29, 0.717) is 19.6 Å². The van der Waals surface area contributed by atoms with Crippen molar-refractivity contribution in [1.82, 2.24) is 9.62 Å². The van der Waals surface area contributed by atoms with Gasteiger partial charge in [-0.2, -0.15) is 4.31 Å². The minimum absolute atomic E-state index is 0. The van der Waals surface area contributed by atoms with E-state index in [-0.39, 0.29) is 29.1 Å². The third-order valence-corrected chi connectivity index (χ3v) is 4.95. The number of benzene rings is 1. The van der Waals surface area contributed by atoms with Gasteiger partial charge in [-0.1, -0.05) is 0 Å². The van der Waals surface area contributed by atoms with Crippen molar-refractivity contribution in [1.29, 1.82) is 0 Å². The van der Waals surface area contributed by atoms with Crippen molar-refractivity contribution in [2.75, 3.05) is 26.7 Å². The second-order valence-corrected chi connectivity index (χ2v) is 6.45. The van der Waals surface area contributed by atoms with Gasteiger partial charge in [-0.15, -0.1) is 12.4 Å². The average Bonchev–Trinajstić information content (AvgIpc) is 2.39. The molecule has 1 fully saturated rings. The van der Waals surface area contributed by atoms with Gasteiger partial charge in [-0.25, -0.2) is 12.8 Å². The van der Waals surface area contributed by atoms with Crippen molar-refractivity contribution >= 4 is 22.4 Å². The van der Waals surface area contributed by atoms with E-state index < -0.39 is 15.8 Å². The molecule has 0 bridgehead atoms. The van der Waals surface area contributed by atoms with Crippen molar-refractivity contribution in [2.24, 2.45) is 0 Å². The van der Waals surface area contributed by atoms with Crippen molar-refractivity contribution in [3.05, 3.63) is 24.0 Å². The minimum atomic E-state index is -3.60. The Labute approximate surface area is 124 Å². The summed E-state index contributed by atoms with van der Waals surface area (Å²) in [5.74, 6) is -0.639. The molecule has 1 aromatic carbocycles. The molecule has 0 radical (unpaired) electrons. The molecule has 1 aromatic rings. The van der Waals surface area contributed by atoms with Gasteiger partial charge in [0.1, 0.15) is 0 Å². The maximum atomic E-state index is 13.3. The molecule has 1 saturated heterocycles. The fourth-order valence-corrected chi connectivity index (χ4v) is 3.61. The predicted octanol–water partition coefficient (Wildman–Crippen LogP) is 1.24. The molecule has 0 saturated carbocycles. The van der Waals surface area contributed by atoms with Crippen LogP contribution >= 0.6 is 12.4 Å². The smallest absolute Gasteiger partial charge is 0.243 e. The van der Waals surface area contributed by atoms with Crippen LogP contribution in [0.4, 0.5) is 4.39 Å². The van der Waals surface area contributed by atoms with Crippen molar-refractivity contribution in [3.63, 3.8) is 0 Å². The summed E-state index contributed by atoms with van der Waals surface area (Å²) in [6, 6.07) is 3.69. The lowest BCUT2D eigenvalue weighted by atomic mass is 10.3. The van der Waals surface area contributed by atoms with Crippen LogP contribution in [-0.2, 0) is 10.0 Å². The van der Waals surface area contributed by atoms with Crippen LogP contribution in [0.25, 0.3) is 0 Å². The number of hydrogen-bond donors (Lipinski definition) is 1. The molecule has 8 heteroatoms. The van der Waals surface area contributed by atoms with Gasteiger partial charge >= 0.3 is 0 Å². The van der Waals surface area contributed by atoms with Crippen LogP contribution in [0.15, 0.2) is 23.1 Å². The topological polar surface area (TPSA) is 58.6 Å². The molecular weight excluding hydrogens is 307 g/mol. The lowest BCUT2D eigenvalue weighted by molar-refractivity contribution is 0.310. The first-order valence-electron chi connectivity index (χ1n) is 6.02. The summed E-state index contributed by atoms with van der Waals surface area (Å²) in [5.41, 5.74) is 0. The normalized spacial score (nSPS) is 20.2. The molecule has 1 atom stereocenters. The van der Waals surface area contributed by atoms with E-state index in [0.717, 1.165) is 6.07 Å². The molecule has 0 aliphatic carbocycles. The first kappa shape index (κ1) is 17.2. The molecule has 1 heterocycles. The number of halogens is 2. The van der Waals surface area contributed by atoms with E-state index >= 15 is 0 Å². The summed E-state index contributed by atoms with van der Waals surface area (Å²) in [6.45, 7) is 3.35. The van der Waals surface area contributed by atoms with E-state index in [1.54, 1.807) is 0 Å². The second-order valence-electron chi connectivity index (χ2n) is 4.51. The number of piperazine rings is 1. The highest BCUT2D eigenvalue weighted by atomic mass is 35.5. The minimum Gasteiger partial charge on any atom is -0.494 e. The third kappa shape index (κ3) is 3.41. The number of ether oxygens (including phenoxy) is 1. The Morgan fingerprint density at radius 2 is 2.15 bits per heavy atom. The molecular formula is C12H18ClFN2O3S. The molecule has 0 spiro atoms. The van der Waals surface area contributed by atoms with Crippen LogP contribution in [0.2, 0.25) is 0 Å². The second kappa shape index (κ2) is 6.71. The monoisotopic (exact) mass is 324 g/mol. The fourth-order valence-electron chi connectivity index (χ4n) is 2.06. The van der Waals surface area contributed by atoms with Crippen molar-refractivity contribution in [2.45, 2.75) is 17.9 Å². The van der Waals surface area contributed by atoms with E-state index in [4.69, 9.17) is 4.74 Å². The first-order chi connectivity index (χ1) is 8.95. The fraction of sp³-hybridized carbons (Fsp3) is 0.500. The Morgan fingerprint density at radius 3 is 2.75 bits per heavy atom. The lowest BCUT2D eigenvalue weighted by Crippen LogP contribution is -2.51. The number of sulfonamides is 1. The van der Waals surface area contributed by atoms with Crippen molar-refractivity contribution in [3.8, 4) is 5.75 Å². The summed E-state index contributed by atoms with van der Waals surface area (Å²) in [5, 5.41) is 3.18. The zero-order chi connectivity index (χ0) is 14.0. The molecule has 20 heavy (non-hydrogen) atoms. The molecule has 1 N–H and O–H groups in total. The molecule has 1 aliphatic heterocycles. The van der Waals surface area contributed by atoms with Gasteiger partial charge in [0.25, 0.3) is 0 Å². The van der Waals surface area contributed by atoms with Gasteiger partial charge < -0.3 is 10.1 Å². The van der Waals surface area contributed by atoms with Crippen LogP contribution in [0.1, 0.15) is 6.92 Å². The van der Waals surface area contributed by atoms with Crippen LogP contribution in [0.5, 0.6) is 5.75 Å². The standard InChI is InChI=1S/C12H17FN2O3S.ClH/c1-9-8-15(6-5-14-9)19(16,17)10-3-4-11(13)12(7-10)18-2;/h3-4,7,9,14H,5-6,8H2,1-2H3;1H. The maximum Gasteiger partial charge on any atom is 0.243 e. The van der Waals surface area contributed by atoms with Gasteiger partial charge in [0.05, 0.1) is 12.0 Å². The molecule has 114 valence electrons. The lowest BCUT2D eigenvalue weighted by Gasteiger charge is -2.31. The van der Waals surface area contributed by atoms with Gasteiger partial charge in [-0.05, 0) is 19.1 Å². The van der Waals surface area contributed by atoms with Crippen molar-refractivity contribution < 1.29 is 17.5 Å². The zero-order valence-electron chi connectivity index (χ0n) is 11.3. The molecule has 0 amide bonds. The average molecular weight is 325 g/mol. The largest absolute Gasteiger partial charge is 0.494 e. The van der Waals surface area contributed by atoms with Crippen LogP contribution < -0.4 is 10.1 Å². The number of nitrogens with zero attached hydrogens (tertiary/aromatic N) is 1. The van der Waals surface area contributed by atoms with Crippen LogP contribution in [-0.4, -0.2) is 45.5 Å². The molecule has 1 unspecified atom stereocenters. The van der Waals surface area contributed by atoms with Crippen LogP contribution in [0.3, 0.4) is 0 Å². The SMILES string of the molecule is COc1cc(S(=O)(=O)N2CCNC(C)C2)ccc1F.Cl. The molecule has 0 aromatic heterocycles. The molecule has 2 rings (SSSR count). The Bertz CT molecular complexity index is 568. The highest BCUT2D eigenvalue weighted by molar-refractivity contribution is 7.89. The van der Waals surface area contributed by atoms with E-state index in [1.165, 1.54) is 23.5 Å². The first-order valence-corrected chi connectivity index (χ1v) is 7.46. The summed E-state index contributed by atoms with van der Waals surface area (Å²) in [6.07, 6.45) is 0. The van der Waals surface area contributed by atoms with Gasteiger partial charge in [0.2, 0.25) is 10.0 Å². The molecule has 1 aliphatic rings. The summed E-state index contributed by atoms with van der Waals surface area (Å²) in [7, 11) is -2.29. The van der Waals surface area contributed by atoms with Gasteiger partial charge in [0.15, 0.2) is 11.6 Å². The summed E-state index contributed by atoms with van der Waals surface area (Å²) >= 11 is 0. The number of rotatable bonds is 3. The Balaban J connectivity index is 0.00000200. The van der Waals surface area contributed by atoms with Gasteiger partial charge in [0, 0.05) is 31.7 Å². The van der Waals surface area contributed by atoms with E-state index in [1.807, 2.05) is 6.92 Å². The van der Waals surface area contributed by atoms with E-state index in [2.05, 4.69) is 5.32 Å². The van der Waals surface area contributed by atoms with Gasteiger partial charge in [-0.3, -0.25) is 0 Å². The Morgan fingerprint density at radius 1 is 1.45 bits per heavy atom. The Kier molecular flexibility index (Phi) is 5.76. The van der Waals surface area contributed by atoms with E-state index in [9.17, 15) is 12.8 Å². The maximum absolute atomic E-state index is 13.3. The third-order valence-electron chi connectivity index (χ3n) is 3.09. The Hall–Kier alpha value is -0.890. The number of methoxy groups -OCH3 is 1. The quantitative estimate of drug-likeness (QED) is 0.909. The molecule has 5 nitrogen and oxygen atoms in total. The highest BCUT2D eigenvalue weighted by Gasteiger charge is 2.29. The zero-order valence-corrected chi connectivity index (χ0v) is 12.9. The van der Waals surface area contributed by atoms with Crippen LogP contribution in [0, 0.1) is 5.82 Å².